The van der Waals surface area contributed by atoms with E-state index < -0.39 is 0 Å². The highest BCUT2D eigenvalue weighted by Crippen LogP contribution is 2.20. The summed E-state index contributed by atoms with van der Waals surface area (Å²) in [5.41, 5.74) is 1.24. The van der Waals surface area contributed by atoms with Gasteiger partial charge in [-0.15, -0.1) is 0 Å². The van der Waals surface area contributed by atoms with Gasteiger partial charge in [0, 0.05) is 13.2 Å². The fourth-order valence-corrected chi connectivity index (χ4v) is 2.96. The Morgan fingerprint density at radius 1 is 1.25 bits per heavy atom. The molecule has 0 N–H and O–H groups in total. The van der Waals surface area contributed by atoms with Crippen molar-refractivity contribution in [1.29, 1.82) is 0 Å². The minimum atomic E-state index is -0.230. The predicted octanol–water partition coefficient (Wildman–Crippen LogP) is 1.64. The molecule has 2 atom stereocenters. The Kier molecular flexibility index (Phi) is 4.33. The summed E-state index contributed by atoms with van der Waals surface area (Å²) in [5.74, 6) is 0.145. The van der Waals surface area contributed by atoms with Gasteiger partial charge in [-0.25, -0.2) is 0 Å². The lowest BCUT2D eigenvalue weighted by Crippen LogP contribution is -2.52. The maximum atomic E-state index is 12.5. The van der Waals surface area contributed by atoms with Gasteiger partial charge in [-0.05, 0) is 24.8 Å². The van der Waals surface area contributed by atoms with Crippen LogP contribution in [-0.2, 0) is 20.7 Å². The SMILES string of the molecule is O=C(C1CCCO1)N1CCOCC1Cc1ccccc1. The van der Waals surface area contributed by atoms with E-state index in [0.29, 0.717) is 26.4 Å². The molecule has 0 spiro atoms. The van der Waals surface area contributed by atoms with E-state index in [4.69, 9.17) is 9.47 Å². The van der Waals surface area contributed by atoms with Gasteiger partial charge in [-0.1, -0.05) is 30.3 Å². The van der Waals surface area contributed by atoms with Crippen molar-refractivity contribution < 1.29 is 14.3 Å². The van der Waals surface area contributed by atoms with Gasteiger partial charge in [0.1, 0.15) is 6.10 Å². The Hall–Kier alpha value is -1.39. The third-order valence-corrected chi connectivity index (χ3v) is 4.03. The number of hydrogen-bond donors (Lipinski definition) is 0. The molecule has 4 nitrogen and oxygen atoms in total. The van der Waals surface area contributed by atoms with Crippen LogP contribution in [0.1, 0.15) is 18.4 Å². The summed E-state index contributed by atoms with van der Waals surface area (Å²) in [5, 5.41) is 0. The van der Waals surface area contributed by atoms with Crippen LogP contribution < -0.4 is 0 Å². The minimum absolute atomic E-state index is 0.128. The Labute approximate surface area is 119 Å². The average Bonchev–Trinajstić information content (AvgIpc) is 3.02. The highest BCUT2D eigenvalue weighted by atomic mass is 16.5. The Balaban J connectivity index is 1.68. The molecule has 0 radical (unpaired) electrons. The largest absolute Gasteiger partial charge is 0.377 e. The first-order valence-corrected chi connectivity index (χ1v) is 7.38. The van der Waals surface area contributed by atoms with Crippen LogP contribution in [0.2, 0.25) is 0 Å². The van der Waals surface area contributed by atoms with Gasteiger partial charge in [0.05, 0.1) is 19.3 Å². The first-order valence-electron chi connectivity index (χ1n) is 7.38. The number of ether oxygens (including phenoxy) is 2. The van der Waals surface area contributed by atoms with Crippen LogP contribution in [0.15, 0.2) is 30.3 Å². The van der Waals surface area contributed by atoms with Gasteiger partial charge in [-0.2, -0.15) is 0 Å². The summed E-state index contributed by atoms with van der Waals surface area (Å²) in [7, 11) is 0. The van der Waals surface area contributed by atoms with E-state index in [1.807, 2.05) is 23.1 Å². The van der Waals surface area contributed by atoms with E-state index in [9.17, 15) is 4.79 Å². The molecule has 2 saturated heterocycles. The summed E-state index contributed by atoms with van der Waals surface area (Å²) < 4.78 is 11.1. The van der Waals surface area contributed by atoms with Gasteiger partial charge in [0.25, 0.3) is 5.91 Å². The average molecular weight is 275 g/mol. The number of carbonyl (C=O) groups is 1. The monoisotopic (exact) mass is 275 g/mol. The smallest absolute Gasteiger partial charge is 0.252 e. The maximum absolute atomic E-state index is 12.5. The van der Waals surface area contributed by atoms with Crippen LogP contribution in [0.3, 0.4) is 0 Å². The van der Waals surface area contributed by atoms with Gasteiger partial charge in [0.2, 0.25) is 0 Å². The summed E-state index contributed by atoms with van der Waals surface area (Å²) in [6, 6.07) is 10.4. The zero-order valence-corrected chi connectivity index (χ0v) is 11.7. The molecule has 0 saturated carbocycles. The molecule has 20 heavy (non-hydrogen) atoms. The number of amides is 1. The quantitative estimate of drug-likeness (QED) is 0.841. The molecule has 2 fully saturated rings. The first-order chi connectivity index (χ1) is 9.84. The maximum Gasteiger partial charge on any atom is 0.252 e. The summed E-state index contributed by atoms with van der Waals surface area (Å²) in [4.78, 5) is 14.5. The second kappa shape index (κ2) is 6.37. The molecule has 1 aromatic carbocycles. The van der Waals surface area contributed by atoms with Crippen molar-refractivity contribution in [3.05, 3.63) is 35.9 Å². The number of carbonyl (C=O) groups excluding carboxylic acids is 1. The van der Waals surface area contributed by atoms with Crippen molar-refractivity contribution in [3.63, 3.8) is 0 Å². The molecule has 2 aliphatic rings. The van der Waals surface area contributed by atoms with E-state index in [-0.39, 0.29) is 18.1 Å². The Morgan fingerprint density at radius 3 is 2.85 bits per heavy atom. The number of rotatable bonds is 3. The van der Waals surface area contributed by atoms with Crippen molar-refractivity contribution in [2.45, 2.75) is 31.4 Å². The molecule has 0 aliphatic carbocycles. The van der Waals surface area contributed by atoms with Crippen molar-refractivity contribution in [2.75, 3.05) is 26.4 Å². The zero-order chi connectivity index (χ0) is 13.8. The van der Waals surface area contributed by atoms with Gasteiger partial charge in [-0.3, -0.25) is 4.79 Å². The van der Waals surface area contributed by atoms with Crippen LogP contribution in [0, 0.1) is 0 Å². The first kappa shape index (κ1) is 13.6. The van der Waals surface area contributed by atoms with Crippen LogP contribution in [0.25, 0.3) is 0 Å². The third kappa shape index (κ3) is 3.02. The Morgan fingerprint density at radius 2 is 2.10 bits per heavy atom. The molecule has 108 valence electrons. The molecular weight excluding hydrogens is 254 g/mol. The van der Waals surface area contributed by atoms with Crippen LogP contribution in [0.4, 0.5) is 0 Å². The topological polar surface area (TPSA) is 38.8 Å². The number of hydrogen-bond acceptors (Lipinski definition) is 3. The number of benzene rings is 1. The molecular formula is C16H21NO3. The minimum Gasteiger partial charge on any atom is -0.377 e. The highest BCUT2D eigenvalue weighted by molar-refractivity contribution is 5.81. The van der Waals surface area contributed by atoms with Gasteiger partial charge >= 0.3 is 0 Å². The second-order valence-corrected chi connectivity index (χ2v) is 5.45. The lowest BCUT2D eigenvalue weighted by atomic mass is 10.0. The van der Waals surface area contributed by atoms with Crippen molar-refractivity contribution in [2.24, 2.45) is 0 Å². The molecule has 2 aliphatic heterocycles. The van der Waals surface area contributed by atoms with E-state index in [0.717, 1.165) is 19.3 Å². The summed E-state index contributed by atoms with van der Waals surface area (Å²) in [6.45, 7) is 2.64. The summed E-state index contributed by atoms with van der Waals surface area (Å²) in [6.07, 6.45) is 2.46. The molecule has 4 heteroatoms. The van der Waals surface area contributed by atoms with Crippen LogP contribution in [-0.4, -0.2) is 49.3 Å². The van der Waals surface area contributed by atoms with E-state index in [1.165, 1.54) is 5.56 Å². The molecule has 0 aromatic heterocycles. The number of morpholine rings is 1. The highest BCUT2D eigenvalue weighted by Gasteiger charge is 2.34. The normalized spacial score (nSPS) is 26.7. The lowest BCUT2D eigenvalue weighted by Gasteiger charge is -2.37. The third-order valence-electron chi connectivity index (χ3n) is 4.03. The molecule has 1 amide bonds. The fourth-order valence-electron chi connectivity index (χ4n) is 2.96. The van der Waals surface area contributed by atoms with Crippen molar-refractivity contribution >= 4 is 5.91 Å². The predicted molar refractivity (Wildman–Crippen MR) is 75.4 cm³/mol. The number of nitrogens with zero attached hydrogens (tertiary/aromatic N) is 1. The van der Waals surface area contributed by atoms with E-state index in [1.54, 1.807) is 0 Å². The molecule has 0 bridgehead atoms. The van der Waals surface area contributed by atoms with Gasteiger partial charge < -0.3 is 14.4 Å². The van der Waals surface area contributed by atoms with Crippen molar-refractivity contribution in [1.82, 2.24) is 4.90 Å². The second-order valence-electron chi connectivity index (χ2n) is 5.45. The standard InChI is InChI=1S/C16H21NO3/c18-16(15-7-4-9-20-15)17-8-10-19-12-14(17)11-13-5-2-1-3-6-13/h1-3,5-6,14-15H,4,7-12H2. The molecule has 2 unspecified atom stereocenters. The van der Waals surface area contributed by atoms with Crippen LogP contribution >= 0.6 is 0 Å². The molecule has 1 aromatic rings. The zero-order valence-electron chi connectivity index (χ0n) is 11.7. The lowest BCUT2D eigenvalue weighted by molar-refractivity contribution is -0.149. The summed E-state index contributed by atoms with van der Waals surface area (Å²) >= 11 is 0. The van der Waals surface area contributed by atoms with E-state index in [2.05, 4.69) is 12.1 Å². The van der Waals surface area contributed by atoms with Gasteiger partial charge in [0.15, 0.2) is 0 Å². The fraction of sp³-hybridized carbons (Fsp3) is 0.562. The van der Waals surface area contributed by atoms with Crippen molar-refractivity contribution in [3.8, 4) is 0 Å². The van der Waals surface area contributed by atoms with E-state index >= 15 is 0 Å². The molecule has 2 heterocycles. The Bertz CT molecular complexity index is 442. The molecule has 3 rings (SSSR count). The van der Waals surface area contributed by atoms with Crippen LogP contribution in [0.5, 0.6) is 0 Å².